The van der Waals surface area contributed by atoms with Crippen LogP contribution < -0.4 is 0 Å². The largest absolute Gasteiger partial charge is 0.101 e. The molecule has 0 saturated heterocycles. The highest BCUT2D eigenvalue weighted by atomic mass is 12.9. The van der Waals surface area contributed by atoms with Crippen LogP contribution >= 0.6 is 0 Å². The Labute approximate surface area is 36.8 Å². The van der Waals surface area contributed by atoms with Crippen molar-refractivity contribution >= 4 is 29.0 Å². The fourth-order valence-corrected chi connectivity index (χ4v) is 0. The van der Waals surface area contributed by atoms with Crippen molar-refractivity contribution in [1.29, 1.82) is 0 Å². The van der Waals surface area contributed by atoms with Crippen LogP contribution in [0.1, 0.15) is 0 Å². The second-order valence-corrected chi connectivity index (χ2v) is 0.911. The van der Waals surface area contributed by atoms with Crippen LogP contribution in [0.25, 0.3) is 0 Å². The van der Waals surface area contributed by atoms with E-state index in [1.807, 2.05) is 6.82 Å². The molecule has 0 heterocycles. The first-order chi connectivity index (χ1) is 2.27. The first-order valence-electron chi connectivity index (χ1n) is 1.58. The van der Waals surface area contributed by atoms with E-state index in [0.29, 0.717) is 0 Å². The van der Waals surface area contributed by atoms with E-state index in [9.17, 15) is 0 Å². The molecule has 0 rings (SSSR count). The zero-order valence-electron chi connectivity index (χ0n) is 3.31. The van der Waals surface area contributed by atoms with Crippen molar-refractivity contribution in [3.63, 3.8) is 0 Å². The SMILES string of the molecule is [B]B([B])[B]C. The number of hydrogen-bond donors (Lipinski definition) is 0. The fraction of sp³-hybridized carbons (Fsp3) is 1.00. The van der Waals surface area contributed by atoms with Gasteiger partial charge in [-0.05, 0) is 0 Å². The predicted octanol–water partition coefficient (Wildman–Crippen LogP) is -0.939. The molecular formula is CH3B4. The first kappa shape index (κ1) is 5.26. The molecule has 0 aliphatic carbocycles. The summed E-state index contributed by atoms with van der Waals surface area (Å²) < 4.78 is 0. The monoisotopic (exact) mass is 59.1 g/mol. The van der Waals surface area contributed by atoms with Crippen molar-refractivity contribution in [2.24, 2.45) is 0 Å². The minimum atomic E-state index is -0.241. The van der Waals surface area contributed by atoms with Gasteiger partial charge in [0.05, 0.1) is 7.17 Å². The van der Waals surface area contributed by atoms with Crippen molar-refractivity contribution in [2.45, 2.75) is 6.82 Å². The van der Waals surface area contributed by atoms with E-state index in [1.165, 1.54) is 0 Å². The lowest BCUT2D eigenvalue weighted by molar-refractivity contribution is 2.36. The van der Waals surface area contributed by atoms with Gasteiger partial charge in [-0.15, -0.1) is 6.82 Å². The van der Waals surface area contributed by atoms with Crippen molar-refractivity contribution in [3.05, 3.63) is 0 Å². The summed E-state index contributed by atoms with van der Waals surface area (Å²) in [5.74, 6) is 0. The molecule has 5 heavy (non-hydrogen) atoms. The van der Waals surface area contributed by atoms with Crippen molar-refractivity contribution in [1.82, 2.24) is 0 Å². The maximum atomic E-state index is 5.01. The Morgan fingerprint density at radius 2 is 1.80 bits per heavy atom. The Hall–Kier alpha value is 0.260. The second-order valence-electron chi connectivity index (χ2n) is 0.911. The van der Waals surface area contributed by atoms with Crippen LogP contribution in [-0.4, -0.2) is 29.0 Å². The Morgan fingerprint density at radius 3 is 1.80 bits per heavy atom. The highest BCUT2D eigenvalue weighted by molar-refractivity contribution is 7.53. The smallest absolute Gasteiger partial charge is 0.0502 e. The van der Waals surface area contributed by atoms with E-state index in [1.54, 1.807) is 7.17 Å². The molecule has 0 nitrogen and oxygen atoms in total. The van der Waals surface area contributed by atoms with Crippen LogP contribution in [0.3, 0.4) is 0 Å². The van der Waals surface area contributed by atoms with E-state index >= 15 is 0 Å². The second kappa shape index (κ2) is 2.49. The summed E-state index contributed by atoms with van der Waals surface area (Å²) in [5, 5.41) is 0. The van der Waals surface area contributed by atoms with Crippen LogP contribution in [0.5, 0.6) is 0 Å². The molecule has 0 aliphatic rings. The molecule has 0 aromatic rings. The average molecular weight is 58.3 g/mol. The van der Waals surface area contributed by atoms with Gasteiger partial charge in [-0.25, -0.2) is 0 Å². The molecule has 0 unspecified atom stereocenters. The zero-order chi connectivity index (χ0) is 4.28. The lowest BCUT2D eigenvalue weighted by atomic mass is 9.02. The molecule has 5 radical (unpaired) electrons. The van der Waals surface area contributed by atoms with Gasteiger partial charge in [-0.3, -0.25) is 0 Å². The maximum Gasteiger partial charge on any atom is 0.0502 e. The molecule has 0 atom stereocenters. The standard InChI is InChI=1S/CH3B4/c1-4-5(2)3/h1H3. The van der Waals surface area contributed by atoms with Crippen molar-refractivity contribution < 1.29 is 0 Å². The van der Waals surface area contributed by atoms with Gasteiger partial charge in [0.2, 0.25) is 0 Å². The summed E-state index contributed by atoms with van der Waals surface area (Å²) >= 11 is 0. The molecule has 0 N–H and O–H groups in total. The summed E-state index contributed by atoms with van der Waals surface area (Å²) in [6.07, 6.45) is -0.241. The van der Waals surface area contributed by atoms with Gasteiger partial charge in [-0.2, -0.15) is 0 Å². The molecule has 0 aliphatic heterocycles. The van der Waals surface area contributed by atoms with Gasteiger partial charge in [0, 0.05) is 21.9 Å². The number of hydrogen-bond acceptors (Lipinski definition) is 0. The third-order valence-corrected chi connectivity index (χ3v) is 0.385. The number of rotatable bonds is 1. The van der Waals surface area contributed by atoms with Crippen LogP contribution in [0, 0.1) is 0 Å². The van der Waals surface area contributed by atoms with Crippen LogP contribution in [0.15, 0.2) is 0 Å². The predicted molar refractivity (Wildman–Crippen MR) is 28.9 cm³/mol. The molecule has 0 aromatic heterocycles. The molecule has 0 amide bonds. The van der Waals surface area contributed by atoms with Gasteiger partial charge in [0.25, 0.3) is 0 Å². The van der Waals surface area contributed by atoms with Gasteiger partial charge in [0.1, 0.15) is 0 Å². The highest BCUT2D eigenvalue weighted by Crippen LogP contribution is 1.53. The van der Waals surface area contributed by atoms with Crippen LogP contribution in [0.4, 0.5) is 0 Å². The average Bonchev–Trinajstić information content (AvgIpc) is 1.38. The van der Waals surface area contributed by atoms with E-state index in [2.05, 4.69) is 0 Å². The lowest BCUT2D eigenvalue weighted by Gasteiger charge is -1.84. The Kier molecular flexibility index (Phi) is 2.62. The van der Waals surface area contributed by atoms with Crippen molar-refractivity contribution in [3.8, 4) is 0 Å². The molecule has 0 fully saturated rings. The van der Waals surface area contributed by atoms with E-state index in [4.69, 9.17) is 15.5 Å². The quantitative estimate of drug-likeness (QED) is 0.341. The van der Waals surface area contributed by atoms with Crippen molar-refractivity contribution in [2.75, 3.05) is 0 Å². The molecule has 0 aromatic carbocycles. The Bertz CT molecular complexity index is 17.6. The van der Waals surface area contributed by atoms with E-state index in [-0.39, 0.29) is 6.39 Å². The Balaban J connectivity index is 2.54. The fourth-order valence-electron chi connectivity index (χ4n) is 0. The summed E-state index contributed by atoms with van der Waals surface area (Å²) in [5.41, 5.74) is 0. The topological polar surface area (TPSA) is 0 Å². The highest BCUT2D eigenvalue weighted by Gasteiger charge is 1.86. The third kappa shape index (κ3) is 4.26. The minimum absolute atomic E-state index is 0.241. The summed E-state index contributed by atoms with van der Waals surface area (Å²) in [6.45, 7) is 1.82. The van der Waals surface area contributed by atoms with Gasteiger partial charge in [-0.1, -0.05) is 0 Å². The molecule has 0 bridgehead atoms. The Morgan fingerprint density at radius 1 is 1.60 bits per heavy atom. The molecule has 0 spiro atoms. The van der Waals surface area contributed by atoms with Crippen LogP contribution in [-0.2, 0) is 0 Å². The van der Waals surface area contributed by atoms with Crippen LogP contribution in [0.2, 0.25) is 6.82 Å². The summed E-state index contributed by atoms with van der Waals surface area (Å²) in [6, 6.07) is 0. The van der Waals surface area contributed by atoms with E-state index < -0.39 is 0 Å². The molecule has 19 valence electrons. The first-order valence-corrected chi connectivity index (χ1v) is 1.58. The van der Waals surface area contributed by atoms with E-state index in [0.717, 1.165) is 0 Å². The lowest BCUT2D eigenvalue weighted by Crippen LogP contribution is -2.20. The zero-order valence-corrected chi connectivity index (χ0v) is 3.31. The van der Waals surface area contributed by atoms with Gasteiger partial charge >= 0.3 is 0 Å². The minimum Gasteiger partial charge on any atom is -0.101 e. The van der Waals surface area contributed by atoms with Gasteiger partial charge in [0.15, 0.2) is 0 Å². The summed E-state index contributed by atoms with van der Waals surface area (Å²) in [7, 11) is 11.8. The normalized spacial score (nSPS) is 6.60. The third-order valence-electron chi connectivity index (χ3n) is 0.385. The summed E-state index contributed by atoms with van der Waals surface area (Å²) in [4.78, 5) is 0. The maximum absolute atomic E-state index is 5.01. The van der Waals surface area contributed by atoms with Gasteiger partial charge < -0.3 is 0 Å². The molecule has 0 saturated carbocycles. The molecule has 4 heteroatoms. The molecular weight excluding hydrogens is 55.3 g/mol.